The normalized spacial score (nSPS) is 20.5. The van der Waals surface area contributed by atoms with Gasteiger partial charge in [0.2, 0.25) is 0 Å². The monoisotopic (exact) mass is 330 g/mol. The van der Waals surface area contributed by atoms with E-state index in [0.29, 0.717) is 23.3 Å². The summed E-state index contributed by atoms with van der Waals surface area (Å²) in [6, 6.07) is 4.65. The Kier molecular flexibility index (Phi) is 4.17. The number of rotatable bonds is 3. The highest BCUT2D eigenvalue weighted by molar-refractivity contribution is 6.22. The zero-order chi connectivity index (χ0) is 17.5. The van der Waals surface area contributed by atoms with Crippen molar-refractivity contribution in [3.05, 3.63) is 34.9 Å². The Morgan fingerprint density at radius 3 is 2.58 bits per heavy atom. The summed E-state index contributed by atoms with van der Waals surface area (Å²) in [7, 11) is 0. The van der Waals surface area contributed by atoms with Crippen LogP contribution in [0.15, 0.2) is 18.2 Å². The number of hydrogen-bond acceptors (Lipinski definition) is 4. The van der Waals surface area contributed by atoms with Crippen LogP contribution in [0.2, 0.25) is 0 Å². The SMILES string of the molecule is CC(C)(C)NC(=O)c1ccc2c(c1)C(=O)N(CC1CCCO1)C2=O. The third-order valence-corrected chi connectivity index (χ3v) is 4.13. The van der Waals surface area contributed by atoms with Gasteiger partial charge in [0.15, 0.2) is 0 Å². The highest BCUT2D eigenvalue weighted by Gasteiger charge is 2.38. The van der Waals surface area contributed by atoms with Gasteiger partial charge in [-0.05, 0) is 51.8 Å². The van der Waals surface area contributed by atoms with Gasteiger partial charge in [0, 0.05) is 17.7 Å². The van der Waals surface area contributed by atoms with E-state index in [4.69, 9.17) is 4.74 Å². The molecule has 1 N–H and O–H groups in total. The number of amides is 3. The first-order chi connectivity index (χ1) is 11.3. The predicted molar refractivity (Wildman–Crippen MR) is 88.0 cm³/mol. The molecule has 6 heteroatoms. The van der Waals surface area contributed by atoms with Crippen molar-refractivity contribution in [1.82, 2.24) is 10.2 Å². The van der Waals surface area contributed by atoms with E-state index in [0.717, 1.165) is 12.8 Å². The van der Waals surface area contributed by atoms with Crippen LogP contribution in [-0.4, -0.2) is 47.4 Å². The fourth-order valence-electron chi connectivity index (χ4n) is 3.00. The van der Waals surface area contributed by atoms with Crippen molar-refractivity contribution in [2.24, 2.45) is 0 Å². The minimum atomic E-state index is -0.373. The van der Waals surface area contributed by atoms with Crippen LogP contribution in [0.4, 0.5) is 0 Å². The zero-order valence-electron chi connectivity index (χ0n) is 14.2. The molecule has 0 bridgehead atoms. The van der Waals surface area contributed by atoms with Crippen molar-refractivity contribution in [3.8, 4) is 0 Å². The second kappa shape index (κ2) is 6.02. The molecule has 2 aliphatic rings. The average Bonchev–Trinajstić information content (AvgIpc) is 3.09. The Bertz CT molecular complexity index is 699. The molecule has 1 aromatic carbocycles. The van der Waals surface area contributed by atoms with Crippen LogP contribution in [-0.2, 0) is 4.74 Å². The Morgan fingerprint density at radius 1 is 1.25 bits per heavy atom. The van der Waals surface area contributed by atoms with Gasteiger partial charge >= 0.3 is 0 Å². The molecular weight excluding hydrogens is 308 g/mol. The van der Waals surface area contributed by atoms with Crippen molar-refractivity contribution in [1.29, 1.82) is 0 Å². The zero-order valence-corrected chi connectivity index (χ0v) is 14.2. The van der Waals surface area contributed by atoms with Gasteiger partial charge in [-0.25, -0.2) is 0 Å². The first-order valence-electron chi connectivity index (χ1n) is 8.20. The predicted octanol–water partition coefficient (Wildman–Crippen LogP) is 1.99. The summed E-state index contributed by atoms with van der Waals surface area (Å²) in [5.74, 6) is -0.924. The summed E-state index contributed by atoms with van der Waals surface area (Å²) in [6.07, 6.45) is 1.72. The third-order valence-electron chi connectivity index (χ3n) is 4.13. The van der Waals surface area contributed by atoms with E-state index in [-0.39, 0.29) is 35.9 Å². The summed E-state index contributed by atoms with van der Waals surface area (Å²) in [4.78, 5) is 38.5. The molecule has 3 amide bonds. The summed E-state index contributed by atoms with van der Waals surface area (Å²) in [5, 5.41) is 2.85. The van der Waals surface area contributed by atoms with Gasteiger partial charge in [0.1, 0.15) is 0 Å². The molecule has 1 atom stereocenters. The lowest BCUT2D eigenvalue weighted by atomic mass is 10.0. The number of carbonyl (C=O) groups is 3. The molecule has 2 aliphatic heterocycles. The van der Waals surface area contributed by atoms with Gasteiger partial charge in [-0.2, -0.15) is 0 Å². The molecule has 24 heavy (non-hydrogen) atoms. The van der Waals surface area contributed by atoms with Crippen molar-refractivity contribution in [2.45, 2.75) is 45.3 Å². The molecule has 1 aromatic rings. The topological polar surface area (TPSA) is 75.7 Å². The summed E-state index contributed by atoms with van der Waals surface area (Å²) >= 11 is 0. The average molecular weight is 330 g/mol. The second-order valence-corrected chi connectivity index (χ2v) is 7.32. The summed E-state index contributed by atoms with van der Waals surface area (Å²) in [5.41, 5.74) is 0.649. The molecule has 1 saturated heterocycles. The molecule has 1 unspecified atom stereocenters. The minimum Gasteiger partial charge on any atom is -0.376 e. The van der Waals surface area contributed by atoms with E-state index < -0.39 is 0 Å². The fourth-order valence-corrected chi connectivity index (χ4v) is 3.00. The number of imide groups is 1. The van der Waals surface area contributed by atoms with Crippen molar-refractivity contribution >= 4 is 17.7 Å². The molecule has 0 saturated carbocycles. The van der Waals surface area contributed by atoms with Crippen molar-refractivity contribution in [2.75, 3.05) is 13.2 Å². The summed E-state index contributed by atoms with van der Waals surface area (Å²) in [6.45, 7) is 6.60. The number of fused-ring (bicyclic) bond motifs is 1. The van der Waals surface area contributed by atoms with Gasteiger partial charge in [-0.15, -0.1) is 0 Å². The van der Waals surface area contributed by atoms with Gasteiger partial charge in [-0.1, -0.05) is 0 Å². The maximum Gasteiger partial charge on any atom is 0.261 e. The van der Waals surface area contributed by atoms with E-state index in [1.54, 1.807) is 12.1 Å². The van der Waals surface area contributed by atoms with Gasteiger partial charge in [-0.3, -0.25) is 19.3 Å². The van der Waals surface area contributed by atoms with Crippen molar-refractivity contribution in [3.63, 3.8) is 0 Å². The van der Waals surface area contributed by atoms with E-state index in [1.807, 2.05) is 20.8 Å². The highest BCUT2D eigenvalue weighted by atomic mass is 16.5. The molecule has 0 spiro atoms. The van der Waals surface area contributed by atoms with Crippen LogP contribution >= 0.6 is 0 Å². The van der Waals surface area contributed by atoms with Gasteiger partial charge in [0.05, 0.1) is 23.8 Å². The van der Waals surface area contributed by atoms with Crippen LogP contribution in [0, 0.1) is 0 Å². The number of benzene rings is 1. The lowest BCUT2D eigenvalue weighted by Gasteiger charge is -2.20. The molecular formula is C18H22N2O4. The molecule has 0 radical (unpaired) electrons. The quantitative estimate of drug-likeness (QED) is 0.860. The van der Waals surface area contributed by atoms with E-state index in [2.05, 4.69) is 5.32 Å². The van der Waals surface area contributed by atoms with Crippen LogP contribution in [0.3, 0.4) is 0 Å². The fraction of sp³-hybridized carbons (Fsp3) is 0.500. The van der Waals surface area contributed by atoms with E-state index >= 15 is 0 Å². The van der Waals surface area contributed by atoms with Gasteiger partial charge < -0.3 is 10.1 Å². The Labute approximate surface area is 141 Å². The molecule has 6 nitrogen and oxygen atoms in total. The van der Waals surface area contributed by atoms with Crippen molar-refractivity contribution < 1.29 is 19.1 Å². The molecule has 0 aliphatic carbocycles. The number of hydrogen-bond donors (Lipinski definition) is 1. The molecule has 1 fully saturated rings. The van der Waals surface area contributed by atoms with E-state index in [9.17, 15) is 14.4 Å². The Morgan fingerprint density at radius 2 is 1.96 bits per heavy atom. The first-order valence-corrected chi connectivity index (χ1v) is 8.20. The van der Waals surface area contributed by atoms with Crippen LogP contribution in [0.5, 0.6) is 0 Å². The first kappa shape index (κ1) is 16.6. The number of nitrogens with one attached hydrogen (secondary N) is 1. The third kappa shape index (κ3) is 3.19. The Hall–Kier alpha value is -2.21. The molecule has 3 rings (SSSR count). The molecule has 128 valence electrons. The number of ether oxygens (including phenoxy) is 1. The minimum absolute atomic E-state index is 0.0872. The largest absolute Gasteiger partial charge is 0.376 e. The van der Waals surface area contributed by atoms with Crippen LogP contribution < -0.4 is 5.32 Å². The molecule has 0 aromatic heterocycles. The lowest BCUT2D eigenvalue weighted by molar-refractivity contribution is 0.0475. The maximum absolute atomic E-state index is 12.6. The van der Waals surface area contributed by atoms with Gasteiger partial charge in [0.25, 0.3) is 17.7 Å². The Balaban J connectivity index is 1.82. The van der Waals surface area contributed by atoms with Crippen LogP contribution in [0.25, 0.3) is 0 Å². The smallest absolute Gasteiger partial charge is 0.261 e. The standard InChI is InChI=1S/C18H22N2O4/c1-18(2,3)19-15(21)11-6-7-13-14(9-11)17(23)20(16(13)22)10-12-5-4-8-24-12/h6-7,9,12H,4-5,8,10H2,1-3H3,(H,19,21). The number of nitrogens with zero attached hydrogens (tertiary/aromatic N) is 1. The second-order valence-electron chi connectivity index (χ2n) is 7.32. The maximum atomic E-state index is 12.6. The molecule has 2 heterocycles. The lowest BCUT2D eigenvalue weighted by Crippen LogP contribution is -2.40. The van der Waals surface area contributed by atoms with Crippen LogP contribution in [0.1, 0.15) is 64.7 Å². The number of carbonyl (C=O) groups excluding carboxylic acids is 3. The highest BCUT2D eigenvalue weighted by Crippen LogP contribution is 2.26. The summed E-state index contributed by atoms with van der Waals surface area (Å²) < 4.78 is 5.52. The van der Waals surface area contributed by atoms with E-state index in [1.165, 1.54) is 11.0 Å².